The van der Waals surface area contributed by atoms with E-state index in [1.54, 1.807) is 0 Å². The summed E-state index contributed by atoms with van der Waals surface area (Å²) in [7, 11) is 2.23. The van der Waals surface area contributed by atoms with Gasteiger partial charge in [-0.2, -0.15) is 0 Å². The summed E-state index contributed by atoms with van der Waals surface area (Å²) in [6.07, 6.45) is -0.411. The molecule has 0 aromatic rings. The molecule has 0 aliphatic carbocycles. The van der Waals surface area contributed by atoms with Gasteiger partial charge in [-0.15, -0.1) is 4.52 Å². The molecule has 0 heterocycles. The fraction of sp³-hybridized carbons (Fsp3) is 1.00. The second-order valence-electron chi connectivity index (χ2n) is 1.30. The van der Waals surface area contributed by atoms with Crippen molar-refractivity contribution in [1.82, 2.24) is 0 Å². The van der Waals surface area contributed by atoms with Crippen LogP contribution in [0.25, 0.3) is 0 Å². The summed E-state index contributed by atoms with van der Waals surface area (Å²) in [6, 6.07) is 0. The minimum Gasteiger partial charge on any atom is -0.353 e. The molecule has 0 radical (unpaired) electrons. The average molecular weight is 153 g/mol. The highest BCUT2D eigenvalue weighted by molar-refractivity contribution is 7.17. The lowest BCUT2D eigenvalue weighted by Crippen LogP contribution is -2.17. The SMILES string of the molecule is COC(CO[PH+]=O)OC. The highest BCUT2D eigenvalue weighted by Gasteiger charge is 2.06. The van der Waals surface area contributed by atoms with E-state index in [0.717, 1.165) is 0 Å². The number of hydrogen-bond donors (Lipinski definition) is 0. The molecule has 0 saturated heterocycles. The summed E-state index contributed by atoms with van der Waals surface area (Å²) < 4.78 is 23.7. The lowest BCUT2D eigenvalue weighted by molar-refractivity contribution is -0.120. The van der Waals surface area contributed by atoms with E-state index in [-0.39, 0.29) is 6.61 Å². The van der Waals surface area contributed by atoms with Crippen LogP contribution in [-0.4, -0.2) is 27.1 Å². The monoisotopic (exact) mass is 153 g/mol. The summed E-state index contributed by atoms with van der Waals surface area (Å²) >= 11 is 0. The molecule has 54 valence electrons. The Morgan fingerprint density at radius 1 is 1.44 bits per heavy atom. The molecule has 0 saturated carbocycles. The average Bonchev–Trinajstić information content (AvgIpc) is 1.91. The first-order valence-electron chi connectivity index (χ1n) is 2.39. The molecule has 0 aromatic heterocycles. The maximum atomic E-state index is 9.76. The molecule has 1 unspecified atom stereocenters. The van der Waals surface area contributed by atoms with Gasteiger partial charge in [-0.05, 0) is 4.57 Å². The molecule has 0 aliphatic rings. The maximum Gasteiger partial charge on any atom is 0.494 e. The minimum atomic E-state index is -0.753. The van der Waals surface area contributed by atoms with Gasteiger partial charge in [0.2, 0.25) is 0 Å². The van der Waals surface area contributed by atoms with E-state index in [2.05, 4.69) is 4.52 Å². The van der Waals surface area contributed by atoms with Crippen molar-refractivity contribution < 1.29 is 18.6 Å². The molecule has 0 fully saturated rings. The Morgan fingerprint density at radius 3 is 2.33 bits per heavy atom. The van der Waals surface area contributed by atoms with Gasteiger partial charge in [0.25, 0.3) is 0 Å². The molecular formula is C4H10O4P+. The second-order valence-corrected chi connectivity index (χ2v) is 1.75. The van der Waals surface area contributed by atoms with Gasteiger partial charge in [0, 0.05) is 14.2 Å². The van der Waals surface area contributed by atoms with Crippen molar-refractivity contribution in [3.05, 3.63) is 0 Å². The zero-order valence-corrected chi connectivity index (χ0v) is 6.42. The van der Waals surface area contributed by atoms with E-state index in [4.69, 9.17) is 9.47 Å². The largest absolute Gasteiger partial charge is 0.494 e. The van der Waals surface area contributed by atoms with Crippen molar-refractivity contribution in [2.75, 3.05) is 20.8 Å². The van der Waals surface area contributed by atoms with E-state index in [1.165, 1.54) is 14.2 Å². The Hall–Kier alpha value is -0.0200. The summed E-state index contributed by atoms with van der Waals surface area (Å²) in [4.78, 5) is 0. The molecule has 0 N–H and O–H groups in total. The summed E-state index contributed by atoms with van der Waals surface area (Å²) in [6.45, 7) is 0.203. The van der Waals surface area contributed by atoms with Crippen molar-refractivity contribution in [3.8, 4) is 0 Å². The molecule has 0 bridgehead atoms. The predicted octanol–water partition coefficient (Wildman–Crippen LogP) is 0.561. The quantitative estimate of drug-likeness (QED) is 0.427. The van der Waals surface area contributed by atoms with E-state index in [9.17, 15) is 4.57 Å². The molecule has 0 spiro atoms. The van der Waals surface area contributed by atoms with Crippen molar-refractivity contribution in [2.45, 2.75) is 6.29 Å². The topological polar surface area (TPSA) is 44.8 Å². The molecule has 0 aromatic carbocycles. The van der Waals surface area contributed by atoms with Gasteiger partial charge in [-0.1, -0.05) is 0 Å². The van der Waals surface area contributed by atoms with Crippen LogP contribution in [-0.2, 0) is 18.6 Å². The Kier molecular flexibility index (Phi) is 6.09. The van der Waals surface area contributed by atoms with E-state index in [0.29, 0.717) is 0 Å². The Balaban J connectivity index is 3.19. The zero-order valence-electron chi connectivity index (χ0n) is 5.42. The number of ether oxygens (including phenoxy) is 2. The van der Waals surface area contributed by atoms with Gasteiger partial charge in [0.15, 0.2) is 12.9 Å². The van der Waals surface area contributed by atoms with Crippen LogP contribution in [0, 0.1) is 0 Å². The predicted molar refractivity (Wildman–Crippen MR) is 32.8 cm³/mol. The van der Waals surface area contributed by atoms with Crippen molar-refractivity contribution in [1.29, 1.82) is 0 Å². The third-order valence-corrected chi connectivity index (χ3v) is 1.09. The molecule has 5 heteroatoms. The van der Waals surface area contributed by atoms with Crippen molar-refractivity contribution in [3.63, 3.8) is 0 Å². The van der Waals surface area contributed by atoms with Gasteiger partial charge in [0.1, 0.15) is 0 Å². The summed E-state index contributed by atoms with van der Waals surface area (Å²) in [5.41, 5.74) is 0. The van der Waals surface area contributed by atoms with Gasteiger partial charge in [-0.25, -0.2) is 0 Å². The van der Waals surface area contributed by atoms with Crippen molar-refractivity contribution >= 4 is 8.69 Å². The van der Waals surface area contributed by atoms with Gasteiger partial charge in [0.05, 0.1) is 0 Å². The van der Waals surface area contributed by atoms with Gasteiger partial charge >= 0.3 is 8.69 Å². The lowest BCUT2D eigenvalue weighted by atomic mass is 10.7. The minimum absolute atomic E-state index is 0.203. The third kappa shape index (κ3) is 4.48. The number of hydrogen-bond acceptors (Lipinski definition) is 4. The molecule has 0 rings (SSSR count). The van der Waals surface area contributed by atoms with Crippen LogP contribution in [0.5, 0.6) is 0 Å². The molecule has 4 nitrogen and oxygen atoms in total. The van der Waals surface area contributed by atoms with Crippen LogP contribution in [0.2, 0.25) is 0 Å². The first-order chi connectivity index (χ1) is 4.35. The fourth-order valence-electron chi connectivity index (χ4n) is 0.334. The molecule has 1 atom stereocenters. The fourth-order valence-corrected chi connectivity index (χ4v) is 0.538. The second kappa shape index (κ2) is 6.11. The van der Waals surface area contributed by atoms with Crippen LogP contribution in [0.1, 0.15) is 0 Å². The van der Waals surface area contributed by atoms with E-state index < -0.39 is 15.0 Å². The number of rotatable bonds is 5. The lowest BCUT2D eigenvalue weighted by Gasteiger charge is -2.07. The van der Waals surface area contributed by atoms with Crippen LogP contribution in [0.15, 0.2) is 0 Å². The Morgan fingerprint density at radius 2 is 2.00 bits per heavy atom. The zero-order chi connectivity index (χ0) is 7.11. The van der Waals surface area contributed by atoms with Crippen LogP contribution < -0.4 is 0 Å². The Bertz CT molecular complexity index is 73.0. The Labute approximate surface area is 55.4 Å². The summed E-state index contributed by atoms with van der Waals surface area (Å²) in [5.74, 6) is 0. The highest BCUT2D eigenvalue weighted by Crippen LogP contribution is 1.98. The van der Waals surface area contributed by atoms with Crippen LogP contribution in [0.4, 0.5) is 0 Å². The first-order valence-corrected chi connectivity index (χ1v) is 3.21. The normalized spacial score (nSPS) is 11.0. The smallest absolute Gasteiger partial charge is 0.353 e. The van der Waals surface area contributed by atoms with Crippen molar-refractivity contribution in [2.24, 2.45) is 0 Å². The van der Waals surface area contributed by atoms with Crippen LogP contribution in [0.3, 0.4) is 0 Å². The maximum absolute atomic E-state index is 9.76. The molecular weight excluding hydrogens is 143 g/mol. The highest BCUT2D eigenvalue weighted by atomic mass is 31.1. The van der Waals surface area contributed by atoms with Gasteiger partial charge < -0.3 is 9.47 Å². The van der Waals surface area contributed by atoms with E-state index >= 15 is 0 Å². The van der Waals surface area contributed by atoms with E-state index in [1.807, 2.05) is 0 Å². The third-order valence-electron chi connectivity index (χ3n) is 0.804. The molecule has 9 heavy (non-hydrogen) atoms. The first kappa shape index (κ1) is 8.98. The molecule has 0 aliphatic heterocycles. The van der Waals surface area contributed by atoms with Gasteiger partial charge in [-0.3, -0.25) is 0 Å². The number of methoxy groups -OCH3 is 2. The summed E-state index contributed by atoms with van der Waals surface area (Å²) in [5, 5.41) is 0. The van der Waals surface area contributed by atoms with Crippen LogP contribution >= 0.6 is 8.69 Å². The molecule has 0 amide bonds. The standard InChI is InChI=1S/C4H10O4P/c1-6-4(7-2)3-8-9-5/h4,9H,3H2,1-2H3/q+1.